The minimum atomic E-state index is 0.749. The van der Waals surface area contributed by atoms with Crippen LogP contribution in [0.1, 0.15) is 29.0 Å². The molecule has 1 atom stereocenters. The highest BCUT2D eigenvalue weighted by molar-refractivity contribution is 5.31. The van der Waals surface area contributed by atoms with Crippen molar-refractivity contribution >= 4 is 0 Å². The molecule has 1 N–H and O–H groups in total. The van der Waals surface area contributed by atoms with Gasteiger partial charge in [-0.1, -0.05) is 29.3 Å². The lowest BCUT2D eigenvalue weighted by Gasteiger charge is -2.10. The van der Waals surface area contributed by atoms with Gasteiger partial charge in [-0.15, -0.1) is 0 Å². The van der Waals surface area contributed by atoms with Gasteiger partial charge in [0.2, 0.25) is 0 Å². The van der Waals surface area contributed by atoms with Crippen LogP contribution in [-0.4, -0.2) is 13.1 Å². The first-order valence-electron chi connectivity index (χ1n) is 5.04. The van der Waals surface area contributed by atoms with Crippen LogP contribution in [0.25, 0.3) is 0 Å². The van der Waals surface area contributed by atoms with E-state index in [4.69, 9.17) is 0 Å². The Balaban J connectivity index is 2.28. The quantitative estimate of drug-likeness (QED) is 0.691. The molecule has 1 heterocycles. The van der Waals surface area contributed by atoms with E-state index < -0.39 is 0 Å². The van der Waals surface area contributed by atoms with Crippen molar-refractivity contribution in [3.8, 4) is 0 Å². The zero-order valence-electron chi connectivity index (χ0n) is 8.43. The lowest BCUT2D eigenvalue weighted by molar-refractivity contribution is 0.761. The minimum absolute atomic E-state index is 0.749. The Hall–Kier alpha value is -0.820. The molecule has 0 unspecified atom stereocenters. The van der Waals surface area contributed by atoms with Gasteiger partial charge in [-0.2, -0.15) is 0 Å². The maximum absolute atomic E-state index is 3.41. The third-order valence-corrected chi connectivity index (χ3v) is 2.78. The fourth-order valence-corrected chi connectivity index (χ4v) is 2.18. The summed E-state index contributed by atoms with van der Waals surface area (Å²) in [6.45, 7) is 6.69. The summed E-state index contributed by atoms with van der Waals surface area (Å²) in [5.74, 6) is 0.749. The van der Waals surface area contributed by atoms with E-state index in [0.29, 0.717) is 0 Å². The van der Waals surface area contributed by atoms with Gasteiger partial charge in [0.25, 0.3) is 0 Å². The molecule has 2 rings (SSSR count). The predicted octanol–water partition coefficient (Wildman–Crippen LogP) is 2.38. The largest absolute Gasteiger partial charge is 0.316 e. The normalized spacial score (nSPS) is 22.2. The number of nitrogens with one attached hydrogen (secondary N) is 1. The van der Waals surface area contributed by atoms with Gasteiger partial charge in [-0.3, -0.25) is 0 Å². The van der Waals surface area contributed by atoms with Crippen molar-refractivity contribution in [2.24, 2.45) is 0 Å². The van der Waals surface area contributed by atoms with Crippen molar-refractivity contribution in [1.29, 1.82) is 0 Å². The summed E-state index contributed by atoms with van der Waals surface area (Å²) in [6, 6.07) is 6.89. The number of benzene rings is 1. The van der Waals surface area contributed by atoms with E-state index in [1.54, 1.807) is 0 Å². The molecule has 0 saturated carbocycles. The van der Waals surface area contributed by atoms with Crippen molar-refractivity contribution in [2.45, 2.75) is 26.2 Å². The number of aryl methyl sites for hydroxylation is 2. The summed E-state index contributed by atoms with van der Waals surface area (Å²) in [5, 5.41) is 3.41. The van der Waals surface area contributed by atoms with E-state index in [9.17, 15) is 0 Å². The molecule has 1 nitrogen and oxygen atoms in total. The molecule has 1 fully saturated rings. The molecule has 1 saturated heterocycles. The molecule has 0 spiro atoms. The molecule has 0 radical (unpaired) electrons. The van der Waals surface area contributed by atoms with E-state index in [1.807, 2.05) is 0 Å². The van der Waals surface area contributed by atoms with Gasteiger partial charge in [0.15, 0.2) is 0 Å². The lowest BCUT2D eigenvalue weighted by Crippen LogP contribution is -2.08. The first-order valence-corrected chi connectivity index (χ1v) is 5.04. The van der Waals surface area contributed by atoms with Gasteiger partial charge in [0, 0.05) is 6.54 Å². The average molecular weight is 175 g/mol. The van der Waals surface area contributed by atoms with Crippen LogP contribution in [0, 0.1) is 13.8 Å². The van der Waals surface area contributed by atoms with E-state index >= 15 is 0 Å². The van der Waals surface area contributed by atoms with Gasteiger partial charge in [0.05, 0.1) is 0 Å². The second-order valence-electron chi connectivity index (χ2n) is 4.11. The van der Waals surface area contributed by atoms with Gasteiger partial charge < -0.3 is 5.32 Å². The van der Waals surface area contributed by atoms with Crippen molar-refractivity contribution in [2.75, 3.05) is 13.1 Å². The summed E-state index contributed by atoms with van der Waals surface area (Å²) in [5.41, 5.74) is 4.30. The van der Waals surface area contributed by atoms with Crippen LogP contribution >= 0.6 is 0 Å². The van der Waals surface area contributed by atoms with Crippen molar-refractivity contribution in [3.63, 3.8) is 0 Å². The standard InChI is InChI=1S/C12H17N/c1-9-5-10(2)7-12(6-9)11-3-4-13-8-11/h5-7,11,13H,3-4,8H2,1-2H3/t11-/m0/s1. The molecule has 70 valence electrons. The van der Waals surface area contributed by atoms with Crippen molar-refractivity contribution < 1.29 is 0 Å². The minimum Gasteiger partial charge on any atom is -0.316 e. The molecule has 1 aliphatic rings. The number of hydrogen-bond donors (Lipinski definition) is 1. The van der Waals surface area contributed by atoms with Gasteiger partial charge in [-0.25, -0.2) is 0 Å². The number of hydrogen-bond acceptors (Lipinski definition) is 1. The van der Waals surface area contributed by atoms with Gasteiger partial charge >= 0.3 is 0 Å². The Labute approximate surface area is 80.2 Å². The maximum Gasteiger partial charge on any atom is 0.00206 e. The molecule has 1 aliphatic heterocycles. The molecular formula is C12H17N. The van der Waals surface area contributed by atoms with Gasteiger partial charge in [0.1, 0.15) is 0 Å². The lowest BCUT2D eigenvalue weighted by atomic mass is 9.95. The Morgan fingerprint density at radius 1 is 1.15 bits per heavy atom. The Kier molecular flexibility index (Phi) is 2.36. The fourth-order valence-electron chi connectivity index (χ4n) is 2.18. The molecule has 13 heavy (non-hydrogen) atoms. The van der Waals surface area contributed by atoms with Crippen LogP contribution in [-0.2, 0) is 0 Å². The average Bonchev–Trinajstić information content (AvgIpc) is 2.53. The predicted molar refractivity (Wildman–Crippen MR) is 56.1 cm³/mol. The molecular weight excluding hydrogens is 158 g/mol. The van der Waals surface area contributed by atoms with Crippen LogP contribution in [0.15, 0.2) is 18.2 Å². The molecule has 1 aromatic carbocycles. The SMILES string of the molecule is Cc1cc(C)cc([C@H]2CCNC2)c1. The monoisotopic (exact) mass is 175 g/mol. The van der Waals surface area contributed by atoms with Crippen molar-refractivity contribution in [3.05, 3.63) is 34.9 Å². The van der Waals surface area contributed by atoms with Crippen LogP contribution in [0.3, 0.4) is 0 Å². The van der Waals surface area contributed by atoms with Crippen LogP contribution in [0.4, 0.5) is 0 Å². The highest BCUT2D eigenvalue weighted by atomic mass is 14.9. The first-order chi connectivity index (χ1) is 6.25. The first kappa shape index (κ1) is 8.76. The highest BCUT2D eigenvalue weighted by Gasteiger charge is 2.16. The Bertz CT molecular complexity index is 278. The van der Waals surface area contributed by atoms with E-state index in [-0.39, 0.29) is 0 Å². The summed E-state index contributed by atoms with van der Waals surface area (Å²) >= 11 is 0. The summed E-state index contributed by atoms with van der Waals surface area (Å²) in [7, 11) is 0. The zero-order valence-corrected chi connectivity index (χ0v) is 8.43. The summed E-state index contributed by atoms with van der Waals surface area (Å²) in [6.07, 6.45) is 1.29. The molecule has 0 amide bonds. The third kappa shape index (κ3) is 1.92. The summed E-state index contributed by atoms with van der Waals surface area (Å²) in [4.78, 5) is 0. The molecule has 0 aliphatic carbocycles. The van der Waals surface area contributed by atoms with Crippen LogP contribution in [0.5, 0.6) is 0 Å². The molecule has 0 bridgehead atoms. The fraction of sp³-hybridized carbons (Fsp3) is 0.500. The van der Waals surface area contributed by atoms with Crippen molar-refractivity contribution in [1.82, 2.24) is 5.32 Å². The maximum atomic E-state index is 3.41. The number of rotatable bonds is 1. The topological polar surface area (TPSA) is 12.0 Å². The second-order valence-corrected chi connectivity index (χ2v) is 4.11. The van der Waals surface area contributed by atoms with Gasteiger partial charge in [-0.05, 0) is 38.3 Å². The third-order valence-electron chi connectivity index (χ3n) is 2.78. The molecule has 0 aromatic heterocycles. The molecule has 1 aromatic rings. The van der Waals surface area contributed by atoms with Crippen LogP contribution < -0.4 is 5.32 Å². The van der Waals surface area contributed by atoms with E-state index in [1.165, 1.54) is 29.7 Å². The summed E-state index contributed by atoms with van der Waals surface area (Å²) < 4.78 is 0. The second kappa shape index (κ2) is 3.51. The van der Waals surface area contributed by atoms with Crippen LogP contribution in [0.2, 0.25) is 0 Å². The Morgan fingerprint density at radius 2 is 1.85 bits per heavy atom. The highest BCUT2D eigenvalue weighted by Crippen LogP contribution is 2.23. The molecule has 1 heteroatoms. The van der Waals surface area contributed by atoms with E-state index in [2.05, 4.69) is 37.4 Å². The zero-order chi connectivity index (χ0) is 9.26. The smallest absolute Gasteiger partial charge is 0.00206 e. The Morgan fingerprint density at radius 3 is 2.38 bits per heavy atom. The van der Waals surface area contributed by atoms with E-state index in [0.717, 1.165) is 12.5 Å².